The summed E-state index contributed by atoms with van der Waals surface area (Å²) in [5, 5.41) is 58.4. The van der Waals surface area contributed by atoms with Crippen LogP contribution >= 0.6 is 0 Å². The van der Waals surface area contributed by atoms with E-state index in [0.29, 0.717) is 65.9 Å². The van der Waals surface area contributed by atoms with Crippen molar-refractivity contribution in [3.8, 4) is 12.3 Å². The number of aliphatic hydroxyl groups excluding tert-OH is 4. The minimum absolute atomic E-state index is 0.0274. The lowest BCUT2D eigenvalue weighted by Crippen LogP contribution is -2.60. The summed E-state index contributed by atoms with van der Waals surface area (Å²) in [6, 6.07) is -3.18. The zero-order chi connectivity index (χ0) is 57.8. The van der Waals surface area contributed by atoms with E-state index in [2.05, 4.69) is 31.9 Å². The lowest BCUT2D eigenvalue weighted by molar-refractivity contribution is -0.161. The van der Waals surface area contributed by atoms with Crippen molar-refractivity contribution in [2.24, 2.45) is 38.8 Å². The number of methoxy groups -OCH3 is 1. The number of carbonyl (C=O) groups excluding carboxylic acids is 4. The molecule has 0 spiro atoms. The highest BCUT2D eigenvalue weighted by atomic mass is 16.6. The Kier molecular flexibility index (Phi) is 34.4. The molecule has 78 heavy (non-hydrogen) atoms. The fraction of sp³-hybridized carbons (Fsp3) is 0.723. The summed E-state index contributed by atoms with van der Waals surface area (Å²) < 4.78 is 60.9. The summed E-state index contributed by atoms with van der Waals surface area (Å²) >= 11 is 0. The Balaban J connectivity index is 1.91. The third-order valence-electron chi connectivity index (χ3n) is 11.2. The van der Waals surface area contributed by atoms with Gasteiger partial charge in [0.15, 0.2) is 18.0 Å². The number of carbonyl (C=O) groups is 5. The van der Waals surface area contributed by atoms with Gasteiger partial charge < -0.3 is 117 Å². The Morgan fingerprint density at radius 1 is 0.692 bits per heavy atom. The van der Waals surface area contributed by atoms with Gasteiger partial charge in [0.05, 0.1) is 111 Å². The number of hydrogen-bond acceptors (Lipinski definition) is 23. The van der Waals surface area contributed by atoms with E-state index in [9.17, 15) is 49.5 Å². The number of aliphatic carboxylic acids is 1. The van der Waals surface area contributed by atoms with Crippen LogP contribution in [-0.4, -0.2) is 272 Å². The quantitative estimate of drug-likeness (QED) is 0.00888. The predicted octanol–water partition coefficient (Wildman–Crippen LogP) is -7.02. The molecular weight excluding hydrogens is 1040 g/mol. The normalized spacial score (nSPS) is 20.4. The fourth-order valence-corrected chi connectivity index (χ4v) is 7.44. The van der Waals surface area contributed by atoms with Crippen LogP contribution in [0.4, 0.5) is 0 Å². The molecular formula is C47H80N10O21. The molecule has 2 heterocycles. The molecule has 444 valence electrons. The standard InChI is InChI=1S/C47H80N10O21/c1-5-11-69-17-19-73-21-22-74-20-18-72-16-10-57(8-14-70-12-6-52-37(63)27-75-41(33(61)25-58)40-29(2)31(55-46(48)49)23-36(78-40)45(67)68-4)9-15-71-13-7-53-38(64)28-76-42(34(62)26-59)43-39(54-30(3)60)32(56-47(50)51)24-35(77-43)44(65)66/h1,23-24,29,31-34,39-43,58-59,61-62H,6-22,25-28H2,2-4H3,(H,52,63)(H,53,64)(H,54,60)(H,65,66)(H4,48,49,55)(H4,50,51,56)/t29-,31+,32+,33-,34-,39-,40-,41-,42?,43-/m1/s1. The van der Waals surface area contributed by atoms with Gasteiger partial charge in [-0.25, -0.2) is 19.6 Å². The zero-order valence-corrected chi connectivity index (χ0v) is 44.3. The second-order valence-corrected chi connectivity index (χ2v) is 17.1. The first-order chi connectivity index (χ1) is 37.4. The molecule has 2 rings (SSSR count). The third-order valence-corrected chi connectivity index (χ3v) is 11.2. The number of esters is 1. The maximum absolute atomic E-state index is 12.9. The van der Waals surface area contributed by atoms with Crippen LogP contribution in [-0.2, 0) is 76.1 Å². The van der Waals surface area contributed by atoms with Crippen molar-refractivity contribution >= 4 is 41.6 Å². The average Bonchev–Trinajstić information content (AvgIpc) is 3.48. The van der Waals surface area contributed by atoms with E-state index in [1.54, 1.807) is 6.92 Å². The Morgan fingerprint density at radius 3 is 1.58 bits per heavy atom. The molecule has 0 saturated carbocycles. The molecule has 16 N–H and O–H groups in total. The second kappa shape index (κ2) is 39.4. The lowest BCUT2D eigenvalue weighted by Gasteiger charge is -2.40. The number of ether oxygens (including phenoxy) is 11. The molecule has 31 heteroatoms. The summed E-state index contributed by atoms with van der Waals surface area (Å²) in [7, 11) is 1.14. The molecule has 0 aromatic rings. The lowest BCUT2D eigenvalue weighted by atomic mass is 9.87. The van der Waals surface area contributed by atoms with Crippen molar-refractivity contribution in [2.75, 3.05) is 146 Å². The molecule has 0 aromatic carbocycles. The van der Waals surface area contributed by atoms with E-state index in [1.807, 2.05) is 4.90 Å². The van der Waals surface area contributed by atoms with E-state index >= 15 is 0 Å². The van der Waals surface area contributed by atoms with Gasteiger partial charge in [0.25, 0.3) is 0 Å². The van der Waals surface area contributed by atoms with Crippen LogP contribution in [0.1, 0.15) is 13.8 Å². The molecule has 2 aliphatic rings. The molecule has 10 atom stereocenters. The van der Waals surface area contributed by atoms with E-state index in [4.69, 9.17) is 81.5 Å². The third kappa shape index (κ3) is 27.1. The highest BCUT2D eigenvalue weighted by Gasteiger charge is 2.46. The summed E-state index contributed by atoms with van der Waals surface area (Å²) in [4.78, 5) is 72.2. The van der Waals surface area contributed by atoms with Crippen molar-refractivity contribution in [3.63, 3.8) is 0 Å². The predicted molar refractivity (Wildman–Crippen MR) is 273 cm³/mol. The van der Waals surface area contributed by atoms with Gasteiger partial charge in [0.1, 0.15) is 50.3 Å². The van der Waals surface area contributed by atoms with E-state index in [0.717, 1.165) is 13.2 Å². The number of rotatable bonds is 42. The highest BCUT2D eigenvalue weighted by Crippen LogP contribution is 2.31. The smallest absolute Gasteiger partial charge is 0.373 e. The number of nitrogens with zero attached hydrogens (tertiary/aromatic N) is 3. The Hall–Kier alpha value is -5.99. The number of carboxylic acids is 1. The van der Waals surface area contributed by atoms with Crippen molar-refractivity contribution in [3.05, 3.63) is 23.7 Å². The number of terminal acetylenes is 1. The zero-order valence-electron chi connectivity index (χ0n) is 44.3. The van der Waals surface area contributed by atoms with Gasteiger partial charge >= 0.3 is 11.9 Å². The molecule has 0 bridgehead atoms. The maximum Gasteiger partial charge on any atom is 0.373 e. The summed E-state index contributed by atoms with van der Waals surface area (Å²) in [6.07, 6.45) is -1.13. The number of aliphatic imine (C=N–C) groups is 2. The number of amides is 3. The van der Waals surface area contributed by atoms with Crippen molar-refractivity contribution < 1.29 is 102 Å². The number of carboxylic acid groups (broad SMARTS) is 1. The van der Waals surface area contributed by atoms with Gasteiger partial charge in [-0.05, 0) is 12.2 Å². The number of aliphatic hydroxyl groups is 4. The van der Waals surface area contributed by atoms with Gasteiger partial charge in [0, 0.05) is 45.6 Å². The molecule has 0 aromatic heterocycles. The molecule has 31 nitrogen and oxygen atoms in total. The first-order valence-corrected chi connectivity index (χ1v) is 24.9. The summed E-state index contributed by atoms with van der Waals surface area (Å²) in [5.74, 6) is -4.01. The maximum atomic E-state index is 12.9. The van der Waals surface area contributed by atoms with Gasteiger partial charge in [-0.15, -0.1) is 6.42 Å². The summed E-state index contributed by atoms with van der Waals surface area (Å²) in [6.45, 7) is 4.68. The van der Waals surface area contributed by atoms with Crippen molar-refractivity contribution in [1.82, 2.24) is 20.9 Å². The van der Waals surface area contributed by atoms with Crippen LogP contribution in [0.2, 0.25) is 0 Å². The van der Waals surface area contributed by atoms with Crippen molar-refractivity contribution in [2.45, 2.75) is 68.6 Å². The largest absolute Gasteiger partial charge is 0.480 e. The first-order valence-electron chi connectivity index (χ1n) is 24.9. The topological polar surface area (TPSA) is 456 Å². The molecule has 1 unspecified atom stereocenters. The Bertz CT molecular complexity index is 1970. The molecule has 3 amide bonds. The molecule has 0 saturated heterocycles. The Labute approximate surface area is 452 Å². The van der Waals surface area contributed by atoms with Crippen LogP contribution in [0.5, 0.6) is 0 Å². The van der Waals surface area contributed by atoms with Crippen LogP contribution in [0.3, 0.4) is 0 Å². The van der Waals surface area contributed by atoms with E-state index in [-0.39, 0.29) is 57.8 Å². The van der Waals surface area contributed by atoms with E-state index < -0.39 is 128 Å². The summed E-state index contributed by atoms with van der Waals surface area (Å²) in [5.41, 5.74) is 22.3. The van der Waals surface area contributed by atoms with Crippen LogP contribution in [0.25, 0.3) is 0 Å². The monoisotopic (exact) mass is 1120 g/mol. The first kappa shape index (κ1) is 68.1. The van der Waals surface area contributed by atoms with Crippen molar-refractivity contribution in [1.29, 1.82) is 0 Å². The minimum Gasteiger partial charge on any atom is -0.480 e. The minimum atomic E-state index is -1.71. The number of nitrogens with one attached hydrogen (secondary N) is 3. The number of hydrogen-bond donors (Lipinski definition) is 12. The van der Waals surface area contributed by atoms with Crippen LogP contribution < -0.4 is 38.9 Å². The van der Waals surface area contributed by atoms with Crippen LogP contribution in [0.15, 0.2) is 33.7 Å². The molecule has 0 radical (unpaired) electrons. The fourth-order valence-electron chi connectivity index (χ4n) is 7.44. The van der Waals surface area contributed by atoms with Gasteiger partial charge in [-0.1, -0.05) is 12.8 Å². The molecule has 0 aliphatic carbocycles. The molecule has 2 aliphatic heterocycles. The van der Waals surface area contributed by atoms with Crippen LogP contribution in [0, 0.1) is 18.3 Å². The van der Waals surface area contributed by atoms with Gasteiger partial charge in [-0.2, -0.15) is 0 Å². The number of guanidine groups is 2. The average molecular weight is 1120 g/mol. The second-order valence-electron chi connectivity index (χ2n) is 17.1. The molecule has 0 fully saturated rings. The highest BCUT2D eigenvalue weighted by molar-refractivity contribution is 5.87. The number of nitrogens with two attached hydrogens (primary N) is 4. The Morgan fingerprint density at radius 2 is 1.13 bits per heavy atom. The van der Waals surface area contributed by atoms with Gasteiger partial charge in [-0.3, -0.25) is 19.3 Å². The SMILES string of the molecule is C#CCOCCOCCOCCOCCN(CCOCCNC(=O)COC([C@H](O)CO)[C@@H]1OC(C(=O)O)=C[C@H](N=C(N)N)[C@H]1NC(C)=O)CCOCCNC(=O)CO[C@@H]([C@@H]1OC(C(=O)OC)=C[C@H](N=C(N)N)[C@H]1C)[C@H](O)CO. The van der Waals surface area contributed by atoms with Gasteiger partial charge in [0.2, 0.25) is 29.2 Å². The van der Waals surface area contributed by atoms with E-state index in [1.165, 1.54) is 13.0 Å².